The van der Waals surface area contributed by atoms with Gasteiger partial charge in [0.2, 0.25) is 5.91 Å². The Hall–Kier alpha value is -3.65. The van der Waals surface area contributed by atoms with Crippen LogP contribution < -0.4 is 0 Å². The van der Waals surface area contributed by atoms with Crippen molar-refractivity contribution >= 4 is 11.9 Å². The van der Waals surface area contributed by atoms with Crippen LogP contribution in [0.2, 0.25) is 0 Å². The molecule has 0 saturated carbocycles. The van der Waals surface area contributed by atoms with Crippen LogP contribution in [0.5, 0.6) is 0 Å². The maximum atomic E-state index is 13.2. The first-order valence-electron chi connectivity index (χ1n) is 10.2. The third-order valence-corrected chi connectivity index (χ3v) is 5.64. The molecular weight excluding hydrogens is 388 g/mol. The molecule has 5 nitrogen and oxygen atoms in total. The Morgan fingerprint density at radius 3 is 2.68 bits per heavy atom. The average Bonchev–Trinajstić information content (AvgIpc) is 2.75. The molecule has 0 unspecified atom stereocenters. The van der Waals surface area contributed by atoms with Crippen LogP contribution in [0.1, 0.15) is 47.1 Å². The molecule has 0 spiro atoms. The van der Waals surface area contributed by atoms with Gasteiger partial charge in [-0.25, -0.2) is 4.79 Å². The zero-order valence-corrected chi connectivity index (χ0v) is 18.1. The van der Waals surface area contributed by atoms with E-state index in [0.717, 1.165) is 22.3 Å². The second kappa shape index (κ2) is 9.44. The summed E-state index contributed by atoms with van der Waals surface area (Å²) in [5.41, 5.74) is 5.38. The fourth-order valence-corrected chi connectivity index (χ4v) is 4.10. The number of amides is 1. The van der Waals surface area contributed by atoms with Crippen molar-refractivity contribution in [2.45, 2.75) is 39.7 Å². The van der Waals surface area contributed by atoms with Crippen LogP contribution in [0, 0.1) is 25.2 Å². The molecular formula is C26H26N2O3. The molecule has 1 aliphatic rings. The molecule has 158 valence electrons. The topological polar surface area (TPSA) is 70.4 Å². The second-order valence-corrected chi connectivity index (χ2v) is 7.75. The van der Waals surface area contributed by atoms with Gasteiger partial charge in [-0.15, -0.1) is 0 Å². The first-order chi connectivity index (χ1) is 14.9. The normalized spacial score (nSPS) is 16.1. The van der Waals surface area contributed by atoms with Crippen molar-refractivity contribution in [1.82, 2.24) is 4.90 Å². The molecule has 0 radical (unpaired) electrons. The van der Waals surface area contributed by atoms with E-state index in [9.17, 15) is 14.9 Å². The Kier molecular flexibility index (Phi) is 6.71. The van der Waals surface area contributed by atoms with Crippen molar-refractivity contribution in [2.24, 2.45) is 0 Å². The zero-order valence-electron chi connectivity index (χ0n) is 18.1. The van der Waals surface area contributed by atoms with Gasteiger partial charge in [0.15, 0.2) is 0 Å². The fourth-order valence-electron chi connectivity index (χ4n) is 4.10. The molecule has 31 heavy (non-hydrogen) atoms. The predicted octanol–water partition coefficient (Wildman–Crippen LogP) is 4.69. The lowest BCUT2D eigenvalue weighted by Crippen LogP contribution is -2.38. The Balaban J connectivity index is 2.09. The van der Waals surface area contributed by atoms with Crippen LogP contribution in [0.4, 0.5) is 0 Å². The van der Waals surface area contributed by atoms with Gasteiger partial charge in [0.1, 0.15) is 6.61 Å². The van der Waals surface area contributed by atoms with E-state index in [1.807, 2.05) is 38.1 Å². The summed E-state index contributed by atoms with van der Waals surface area (Å²) in [5, 5.41) is 9.41. The lowest BCUT2D eigenvalue weighted by atomic mass is 9.81. The van der Waals surface area contributed by atoms with Crippen molar-refractivity contribution in [3.8, 4) is 6.07 Å². The summed E-state index contributed by atoms with van der Waals surface area (Å²) < 4.78 is 5.39. The van der Waals surface area contributed by atoms with Gasteiger partial charge < -0.3 is 9.64 Å². The molecule has 0 aromatic heterocycles. The molecule has 2 aromatic carbocycles. The maximum Gasteiger partial charge on any atom is 0.336 e. The van der Waals surface area contributed by atoms with Crippen molar-refractivity contribution < 1.29 is 14.3 Å². The van der Waals surface area contributed by atoms with Crippen molar-refractivity contribution in [3.63, 3.8) is 0 Å². The van der Waals surface area contributed by atoms with E-state index in [-0.39, 0.29) is 31.4 Å². The smallest absolute Gasteiger partial charge is 0.336 e. The van der Waals surface area contributed by atoms with Crippen LogP contribution in [-0.2, 0) is 20.9 Å². The van der Waals surface area contributed by atoms with Gasteiger partial charge in [0.25, 0.3) is 0 Å². The van der Waals surface area contributed by atoms with E-state index in [1.54, 1.807) is 24.0 Å². The summed E-state index contributed by atoms with van der Waals surface area (Å²) in [5.74, 6) is -0.920. The lowest BCUT2D eigenvalue weighted by molar-refractivity contribution is -0.139. The van der Waals surface area contributed by atoms with Crippen LogP contribution in [0.15, 0.2) is 66.4 Å². The van der Waals surface area contributed by atoms with Crippen molar-refractivity contribution in [3.05, 3.63) is 94.2 Å². The highest BCUT2D eigenvalue weighted by atomic mass is 16.5. The van der Waals surface area contributed by atoms with E-state index < -0.39 is 5.97 Å². The predicted molar refractivity (Wildman–Crippen MR) is 119 cm³/mol. The van der Waals surface area contributed by atoms with Gasteiger partial charge in [-0.2, -0.15) is 5.26 Å². The summed E-state index contributed by atoms with van der Waals surface area (Å²) in [6, 6.07) is 15.4. The van der Waals surface area contributed by atoms with Crippen LogP contribution in [-0.4, -0.2) is 23.4 Å². The molecule has 0 fully saturated rings. The van der Waals surface area contributed by atoms with Gasteiger partial charge >= 0.3 is 5.97 Å². The summed E-state index contributed by atoms with van der Waals surface area (Å²) in [7, 11) is 0. The average molecular weight is 415 g/mol. The standard InChI is InChI=1S/C26H26N2O3/c1-5-12-31-26(30)25-19(4)28(16-21-9-7-6-8-20(21)15-27)24(29)14-23(25)22-11-10-17(2)13-18(22)3/h5-11,13,23H,1,12,14,16H2,2-4H3/t23-/m0/s1. The molecule has 1 aliphatic heterocycles. The molecule has 5 heteroatoms. The van der Waals surface area contributed by atoms with E-state index in [1.165, 1.54) is 6.08 Å². The summed E-state index contributed by atoms with van der Waals surface area (Å²) in [4.78, 5) is 27.8. The first kappa shape index (κ1) is 22.0. The number of esters is 1. The molecule has 0 bridgehead atoms. The number of hydrogen-bond donors (Lipinski definition) is 0. The Morgan fingerprint density at radius 1 is 1.26 bits per heavy atom. The number of ether oxygens (including phenoxy) is 1. The van der Waals surface area contributed by atoms with Crippen LogP contribution in [0.3, 0.4) is 0 Å². The highest BCUT2D eigenvalue weighted by Gasteiger charge is 2.37. The van der Waals surface area contributed by atoms with Gasteiger partial charge in [0.05, 0.1) is 23.8 Å². The number of carbonyl (C=O) groups is 2. The maximum absolute atomic E-state index is 13.2. The van der Waals surface area contributed by atoms with Crippen LogP contribution in [0.25, 0.3) is 0 Å². The zero-order chi connectivity index (χ0) is 22.5. The minimum atomic E-state index is -0.451. The molecule has 1 atom stereocenters. The number of benzene rings is 2. The van der Waals surface area contributed by atoms with Gasteiger partial charge in [-0.1, -0.05) is 54.6 Å². The highest BCUT2D eigenvalue weighted by molar-refractivity contribution is 5.96. The van der Waals surface area contributed by atoms with E-state index >= 15 is 0 Å². The fraction of sp³-hybridized carbons (Fsp3) is 0.269. The Bertz CT molecular complexity index is 1110. The molecule has 2 aromatic rings. The summed E-state index contributed by atoms with van der Waals surface area (Å²) in [6.07, 6.45) is 1.68. The number of nitriles is 1. The number of carbonyl (C=O) groups excluding carboxylic acids is 2. The SMILES string of the molecule is C=CCOC(=O)C1=C(C)N(Cc2ccccc2C#N)C(=O)C[C@H]1c1ccc(C)cc1C. The third kappa shape index (κ3) is 4.59. The van der Waals surface area contributed by atoms with Gasteiger partial charge in [-0.05, 0) is 43.5 Å². The quantitative estimate of drug-likeness (QED) is 0.508. The third-order valence-electron chi connectivity index (χ3n) is 5.64. The molecule has 3 rings (SSSR count). The molecule has 0 N–H and O–H groups in total. The summed E-state index contributed by atoms with van der Waals surface area (Å²) in [6.45, 7) is 9.71. The number of nitrogens with zero attached hydrogens (tertiary/aromatic N) is 2. The monoisotopic (exact) mass is 414 g/mol. The number of hydrogen-bond acceptors (Lipinski definition) is 4. The van der Waals surface area contributed by atoms with E-state index in [2.05, 4.69) is 18.7 Å². The molecule has 1 heterocycles. The minimum Gasteiger partial charge on any atom is -0.458 e. The highest BCUT2D eigenvalue weighted by Crippen LogP contribution is 2.39. The second-order valence-electron chi connectivity index (χ2n) is 7.75. The molecule has 0 saturated heterocycles. The first-order valence-corrected chi connectivity index (χ1v) is 10.2. The lowest BCUT2D eigenvalue weighted by Gasteiger charge is -2.35. The Labute approximate surface area is 183 Å². The number of allylic oxidation sites excluding steroid dienone is 1. The Morgan fingerprint density at radius 2 is 2.00 bits per heavy atom. The number of rotatable bonds is 6. The van der Waals surface area contributed by atoms with Crippen molar-refractivity contribution in [1.29, 1.82) is 5.26 Å². The van der Waals surface area contributed by atoms with Gasteiger partial charge in [-0.3, -0.25) is 4.79 Å². The molecule has 1 amide bonds. The van der Waals surface area contributed by atoms with Gasteiger partial charge in [0, 0.05) is 18.0 Å². The number of aryl methyl sites for hydroxylation is 2. The van der Waals surface area contributed by atoms with E-state index in [0.29, 0.717) is 16.8 Å². The largest absolute Gasteiger partial charge is 0.458 e. The van der Waals surface area contributed by atoms with E-state index in [4.69, 9.17) is 4.74 Å². The summed E-state index contributed by atoms with van der Waals surface area (Å²) >= 11 is 0. The van der Waals surface area contributed by atoms with Crippen LogP contribution >= 0.6 is 0 Å². The minimum absolute atomic E-state index is 0.0875. The van der Waals surface area contributed by atoms with Crippen molar-refractivity contribution in [2.75, 3.05) is 6.61 Å². The molecule has 0 aliphatic carbocycles.